The molecule has 2 fully saturated rings. The van der Waals surface area contributed by atoms with E-state index >= 15 is 0 Å². The van der Waals surface area contributed by atoms with Gasteiger partial charge in [0, 0.05) is 5.56 Å². The highest BCUT2D eigenvalue weighted by Gasteiger charge is 2.33. The first-order valence-corrected chi connectivity index (χ1v) is 17.7. The van der Waals surface area contributed by atoms with Crippen molar-refractivity contribution >= 4 is 23.6 Å². The molecule has 1 heterocycles. The molecule has 2 aromatic carbocycles. The van der Waals surface area contributed by atoms with Gasteiger partial charge < -0.3 is 29.0 Å². The van der Waals surface area contributed by atoms with Crippen LogP contribution in [0.15, 0.2) is 42.5 Å². The van der Waals surface area contributed by atoms with Crippen LogP contribution in [0.5, 0.6) is 0 Å². The number of hydrogen-bond donors (Lipinski definition) is 1. The Hall–Kier alpha value is -2.43. The van der Waals surface area contributed by atoms with Crippen LogP contribution in [0.4, 0.5) is 0 Å². The lowest BCUT2D eigenvalue weighted by molar-refractivity contribution is -0.147. The zero-order chi connectivity index (χ0) is 32.2. The first-order chi connectivity index (χ1) is 21.7. The van der Waals surface area contributed by atoms with Crippen molar-refractivity contribution < 1.29 is 33.3 Å². The van der Waals surface area contributed by atoms with E-state index in [1.807, 2.05) is 69.5 Å². The molecule has 45 heavy (non-hydrogen) atoms. The normalized spacial score (nSPS) is 19.6. The minimum Gasteiger partial charge on any atom is -0.467 e. The summed E-state index contributed by atoms with van der Waals surface area (Å²) in [6.07, 6.45) is 9.63. The predicted octanol–water partition coefficient (Wildman–Crippen LogP) is 6.71. The quantitative estimate of drug-likeness (QED) is 0.202. The van der Waals surface area contributed by atoms with Crippen LogP contribution in [0, 0.1) is 12.8 Å². The number of rotatable bonds is 16. The molecule has 0 spiro atoms. The van der Waals surface area contributed by atoms with Crippen LogP contribution < -0.4 is 5.32 Å². The summed E-state index contributed by atoms with van der Waals surface area (Å²) < 4.78 is 29.3. The highest BCUT2D eigenvalue weighted by atomic mass is 32.2. The van der Waals surface area contributed by atoms with Gasteiger partial charge in [-0.2, -0.15) is 11.8 Å². The lowest BCUT2D eigenvalue weighted by atomic mass is 9.85. The molecule has 3 atom stereocenters. The number of carbonyl (C=O) groups is 2. The second kappa shape index (κ2) is 17.5. The topological polar surface area (TPSA) is 92.3 Å². The molecule has 2 aromatic rings. The third kappa shape index (κ3) is 10.8. The first kappa shape index (κ1) is 35.4. The number of thioether (sulfide) groups is 1. The number of hydrogen-bond acceptors (Lipinski definition) is 8. The van der Waals surface area contributed by atoms with Gasteiger partial charge in [-0.25, -0.2) is 4.79 Å². The number of esters is 1. The third-order valence-corrected chi connectivity index (χ3v) is 9.29. The largest absolute Gasteiger partial charge is 0.467 e. The van der Waals surface area contributed by atoms with Crippen LogP contribution in [0.1, 0.15) is 80.3 Å². The van der Waals surface area contributed by atoms with Crippen LogP contribution in [0.3, 0.4) is 0 Å². The van der Waals surface area contributed by atoms with Gasteiger partial charge in [0.15, 0.2) is 5.79 Å². The van der Waals surface area contributed by atoms with E-state index in [2.05, 4.69) is 5.32 Å². The van der Waals surface area contributed by atoms with E-state index in [-0.39, 0.29) is 18.1 Å². The standard InChI is InChI=1S/C36H51NO7S/c1-25-11-9-10-14-30(25)32-20-27(15-16-31(32)34(38)37-33(17-18-45-5)35(39)40-4)21-42-28(19-26-12-7-6-8-13-26)22-41-23-29-24-43-36(2,3)44-29/h9-11,14-16,20,26,28-29,33H,6-8,12-13,17-19,21-24H2,1-5H3,(H,37,38)/t28?,29?,33-/m0/s1. The van der Waals surface area contributed by atoms with Gasteiger partial charge in [0.1, 0.15) is 12.1 Å². The summed E-state index contributed by atoms with van der Waals surface area (Å²) in [5.41, 5.74) is 4.31. The zero-order valence-corrected chi connectivity index (χ0v) is 28.4. The Kier molecular flexibility index (Phi) is 13.8. The SMILES string of the molecule is COC(=O)[C@H](CCSC)NC(=O)c1ccc(COC(COCC2COC(C)(C)O2)CC2CCCCC2)cc1-c1ccccc1C. The van der Waals surface area contributed by atoms with E-state index in [0.717, 1.165) is 34.4 Å². The molecule has 8 nitrogen and oxygen atoms in total. The minimum absolute atomic E-state index is 0.0504. The molecule has 4 rings (SSSR count). The Labute approximate surface area is 273 Å². The van der Waals surface area contributed by atoms with E-state index in [9.17, 15) is 9.59 Å². The molecular weight excluding hydrogens is 590 g/mol. The Balaban J connectivity index is 1.49. The van der Waals surface area contributed by atoms with Crippen molar-refractivity contribution in [3.8, 4) is 11.1 Å². The number of benzene rings is 2. The molecule has 9 heteroatoms. The van der Waals surface area contributed by atoms with Gasteiger partial charge in [0.2, 0.25) is 0 Å². The summed E-state index contributed by atoms with van der Waals surface area (Å²) in [6, 6.07) is 13.1. The maximum Gasteiger partial charge on any atom is 0.328 e. The Morgan fingerprint density at radius 3 is 2.56 bits per heavy atom. The number of carbonyl (C=O) groups excluding carboxylic acids is 2. The molecule has 0 bridgehead atoms. The summed E-state index contributed by atoms with van der Waals surface area (Å²) >= 11 is 1.62. The molecule has 1 saturated carbocycles. The predicted molar refractivity (Wildman–Crippen MR) is 178 cm³/mol. The fourth-order valence-electron chi connectivity index (χ4n) is 6.21. The first-order valence-electron chi connectivity index (χ1n) is 16.3. The Morgan fingerprint density at radius 1 is 1.09 bits per heavy atom. The van der Waals surface area contributed by atoms with Crippen LogP contribution in [-0.4, -0.2) is 74.9 Å². The van der Waals surface area contributed by atoms with Gasteiger partial charge in [-0.15, -0.1) is 0 Å². The number of nitrogens with one attached hydrogen (secondary N) is 1. The van der Waals surface area contributed by atoms with Crippen molar-refractivity contribution in [3.05, 3.63) is 59.2 Å². The number of ether oxygens (including phenoxy) is 5. The average molecular weight is 642 g/mol. The minimum atomic E-state index is -0.713. The lowest BCUT2D eigenvalue weighted by Gasteiger charge is -2.27. The molecule has 248 valence electrons. The van der Waals surface area contributed by atoms with Gasteiger partial charge in [0.05, 0.1) is 39.6 Å². The van der Waals surface area contributed by atoms with E-state index < -0.39 is 17.8 Å². The van der Waals surface area contributed by atoms with Crippen molar-refractivity contribution in [1.29, 1.82) is 0 Å². The van der Waals surface area contributed by atoms with Crippen molar-refractivity contribution in [2.45, 2.75) is 96.4 Å². The molecular formula is C36H51NO7S. The van der Waals surface area contributed by atoms with Crippen molar-refractivity contribution in [2.24, 2.45) is 5.92 Å². The number of methoxy groups -OCH3 is 1. The smallest absolute Gasteiger partial charge is 0.328 e. The summed E-state index contributed by atoms with van der Waals surface area (Å²) in [4.78, 5) is 26.0. The van der Waals surface area contributed by atoms with E-state index in [1.165, 1.54) is 39.2 Å². The molecule has 1 amide bonds. The number of aryl methyl sites for hydroxylation is 1. The van der Waals surface area contributed by atoms with Crippen molar-refractivity contribution in [3.63, 3.8) is 0 Å². The summed E-state index contributed by atoms with van der Waals surface area (Å²) in [5, 5.41) is 2.92. The fraction of sp³-hybridized carbons (Fsp3) is 0.611. The highest BCUT2D eigenvalue weighted by molar-refractivity contribution is 7.98. The molecule has 2 aliphatic rings. The van der Waals surface area contributed by atoms with Crippen LogP contribution in [0.25, 0.3) is 11.1 Å². The molecule has 1 aliphatic heterocycles. The molecule has 0 aromatic heterocycles. The van der Waals surface area contributed by atoms with Crippen molar-refractivity contribution in [2.75, 3.05) is 38.9 Å². The molecule has 1 aliphatic carbocycles. The molecule has 1 saturated heterocycles. The van der Waals surface area contributed by atoms with Crippen LogP contribution >= 0.6 is 11.8 Å². The zero-order valence-electron chi connectivity index (χ0n) is 27.6. The summed E-state index contributed by atoms with van der Waals surface area (Å²) in [5.74, 6) is 0.0499. The van der Waals surface area contributed by atoms with E-state index in [4.69, 9.17) is 23.7 Å². The van der Waals surface area contributed by atoms with Gasteiger partial charge >= 0.3 is 5.97 Å². The van der Waals surface area contributed by atoms with Gasteiger partial charge in [0.25, 0.3) is 5.91 Å². The van der Waals surface area contributed by atoms with E-state index in [1.54, 1.807) is 11.8 Å². The van der Waals surface area contributed by atoms with E-state index in [0.29, 0.717) is 44.3 Å². The Bertz CT molecular complexity index is 1250. The van der Waals surface area contributed by atoms with Gasteiger partial charge in [-0.1, -0.05) is 62.4 Å². The summed E-state index contributed by atoms with van der Waals surface area (Å²) in [6.45, 7) is 7.77. The molecule has 2 unspecified atom stereocenters. The lowest BCUT2D eigenvalue weighted by Crippen LogP contribution is -2.42. The highest BCUT2D eigenvalue weighted by Crippen LogP contribution is 2.31. The van der Waals surface area contributed by atoms with Crippen LogP contribution in [0.2, 0.25) is 0 Å². The fourth-order valence-corrected chi connectivity index (χ4v) is 6.68. The molecule has 0 radical (unpaired) electrons. The van der Waals surface area contributed by atoms with Gasteiger partial charge in [-0.05, 0) is 85.9 Å². The second-order valence-corrected chi connectivity index (χ2v) is 13.7. The number of amides is 1. The maximum absolute atomic E-state index is 13.6. The van der Waals surface area contributed by atoms with Gasteiger partial charge in [-0.3, -0.25) is 4.79 Å². The average Bonchev–Trinajstić information content (AvgIpc) is 3.39. The maximum atomic E-state index is 13.6. The summed E-state index contributed by atoms with van der Waals surface area (Å²) in [7, 11) is 1.35. The Morgan fingerprint density at radius 2 is 1.87 bits per heavy atom. The third-order valence-electron chi connectivity index (χ3n) is 8.65. The van der Waals surface area contributed by atoms with Crippen molar-refractivity contribution in [1.82, 2.24) is 5.32 Å². The second-order valence-electron chi connectivity index (χ2n) is 12.7. The monoisotopic (exact) mass is 641 g/mol. The molecule has 1 N–H and O–H groups in total. The van der Waals surface area contributed by atoms with Crippen LogP contribution in [-0.2, 0) is 35.1 Å².